The van der Waals surface area contributed by atoms with Gasteiger partial charge < -0.3 is 5.48 Å². The van der Waals surface area contributed by atoms with E-state index in [0.717, 1.165) is 0 Å². The van der Waals surface area contributed by atoms with E-state index in [2.05, 4.69) is 0 Å². The molecule has 0 fully saturated rings. The van der Waals surface area contributed by atoms with Gasteiger partial charge in [0.15, 0.2) is 0 Å². The molecule has 0 aliphatic heterocycles. The Hall–Kier alpha value is 0.0400. The van der Waals surface area contributed by atoms with Gasteiger partial charge in [-0.2, -0.15) is 0 Å². The summed E-state index contributed by atoms with van der Waals surface area (Å²) in [6.45, 7) is 0. The molecule has 0 saturated carbocycles. The highest BCUT2D eigenvalue weighted by Gasteiger charge is 1.94. The Morgan fingerprint density at radius 1 is 0.412 bits per heavy atom. The molecule has 0 amide bonds. The average molecular weight is 342 g/mol. The lowest BCUT2D eigenvalue weighted by Crippen LogP contribution is -1.38. The van der Waals surface area contributed by atoms with E-state index >= 15 is 0 Å². The normalized spacial score (nSPS) is 6.12. The summed E-state index contributed by atoms with van der Waals surface area (Å²) in [6, 6.07) is 0. The summed E-state index contributed by atoms with van der Waals surface area (Å²) in [4.78, 5) is 57.0. The lowest BCUT2D eigenvalue weighted by atomic mass is 15.8. The summed E-state index contributed by atoms with van der Waals surface area (Å²) >= 11 is 0. The van der Waals surface area contributed by atoms with Gasteiger partial charge in [-0.15, -0.1) is 39.1 Å². The van der Waals surface area contributed by atoms with Crippen LogP contribution in [0.25, 0.3) is 0 Å². The highest BCUT2D eigenvalue weighted by Crippen LogP contribution is 1.99. The van der Waals surface area contributed by atoms with Gasteiger partial charge >= 0.3 is 33.0 Å². The molecular formula is H10O13P4+4. The number of hydrogen-bond donors (Lipinski definition) is 8. The Balaban J connectivity index is -0.0000000369. The van der Waals surface area contributed by atoms with Crippen LogP contribution in [0, 0.1) is 0 Å². The van der Waals surface area contributed by atoms with Crippen LogP contribution in [0.5, 0.6) is 0 Å². The van der Waals surface area contributed by atoms with Crippen LogP contribution in [0.15, 0.2) is 0 Å². The molecule has 0 aromatic rings. The molecule has 104 valence electrons. The summed E-state index contributed by atoms with van der Waals surface area (Å²) in [5.41, 5.74) is 0. The van der Waals surface area contributed by atoms with E-state index in [-0.39, 0.29) is 5.48 Å². The molecule has 0 aliphatic carbocycles. The highest BCUT2D eigenvalue weighted by atomic mass is 31.1. The van der Waals surface area contributed by atoms with Crippen molar-refractivity contribution in [3.8, 4) is 0 Å². The fourth-order valence-corrected chi connectivity index (χ4v) is 0. The van der Waals surface area contributed by atoms with Crippen LogP contribution < -0.4 is 0 Å². The third kappa shape index (κ3) is 1980000. The minimum atomic E-state index is -2.87. The standard InChI is InChI=1S/4HO3P.H2O/c4*1-4(2)3;/h4*(H-,1,2,3);1H2/p+4. The Morgan fingerprint density at radius 3 is 0.412 bits per heavy atom. The highest BCUT2D eigenvalue weighted by molar-refractivity contribution is 7.31. The first-order valence-corrected chi connectivity index (χ1v) is 6.99. The van der Waals surface area contributed by atoms with E-state index in [4.69, 9.17) is 57.4 Å². The van der Waals surface area contributed by atoms with Gasteiger partial charge in [-0.05, 0) is 0 Å². The molecule has 0 bridgehead atoms. The first-order valence-electron chi connectivity index (χ1n) is 2.33. The molecule has 0 spiro atoms. The van der Waals surface area contributed by atoms with Crippen molar-refractivity contribution in [1.29, 1.82) is 0 Å². The quantitative estimate of drug-likeness (QED) is 0.216. The average Bonchev–Trinajstić information content (AvgIpc) is 1.76. The van der Waals surface area contributed by atoms with Gasteiger partial charge in [-0.25, -0.2) is 0 Å². The van der Waals surface area contributed by atoms with Crippen LogP contribution in [0.1, 0.15) is 0 Å². The summed E-state index contributed by atoms with van der Waals surface area (Å²) in [5.74, 6) is 0. The van der Waals surface area contributed by atoms with Gasteiger partial charge in [0, 0.05) is 18.3 Å². The number of hydrogen-bond acceptors (Lipinski definition) is 4. The third-order valence-corrected chi connectivity index (χ3v) is 0. The first-order chi connectivity index (χ1) is 6.93. The summed E-state index contributed by atoms with van der Waals surface area (Å²) in [5, 5.41) is 0. The van der Waals surface area contributed by atoms with Crippen LogP contribution in [0.2, 0.25) is 0 Å². The maximum Gasteiger partial charge on any atom is 0.692 e. The van der Waals surface area contributed by atoms with Gasteiger partial charge in [0.2, 0.25) is 0 Å². The second kappa shape index (κ2) is 25.0. The minimum absolute atomic E-state index is 0. The zero-order valence-electron chi connectivity index (χ0n) is 7.50. The Morgan fingerprint density at radius 2 is 0.412 bits per heavy atom. The molecule has 0 atom stereocenters. The molecule has 0 unspecified atom stereocenters. The van der Waals surface area contributed by atoms with Crippen LogP contribution >= 0.6 is 33.0 Å². The second-order valence-corrected chi connectivity index (χ2v) is 3.03. The molecule has 0 aliphatic rings. The maximum absolute atomic E-state index is 8.70. The lowest BCUT2D eigenvalue weighted by Gasteiger charge is -1.34. The Kier molecular flexibility index (Phi) is 44.5. The molecule has 0 saturated heterocycles. The van der Waals surface area contributed by atoms with Crippen molar-refractivity contribution in [3.05, 3.63) is 0 Å². The zero-order chi connectivity index (χ0) is 14.3. The smallest absolute Gasteiger partial charge is 0.412 e. The summed E-state index contributed by atoms with van der Waals surface area (Å²) in [7, 11) is -11.5. The van der Waals surface area contributed by atoms with E-state index in [1.165, 1.54) is 0 Å². The fraction of sp³-hybridized carbons (Fsp3) is 0. The van der Waals surface area contributed by atoms with Crippen LogP contribution in [0.4, 0.5) is 0 Å². The third-order valence-electron chi connectivity index (χ3n) is 0. The van der Waals surface area contributed by atoms with Crippen LogP contribution in [-0.2, 0) is 18.3 Å². The van der Waals surface area contributed by atoms with Crippen molar-refractivity contribution in [2.75, 3.05) is 0 Å². The molecular weight excluding hydrogens is 332 g/mol. The van der Waals surface area contributed by atoms with E-state index in [1.807, 2.05) is 0 Å². The first kappa shape index (κ1) is 30.2. The minimum Gasteiger partial charge on any atom is -0.412 e. The van der Waals surface area contributed by atoms with E-state index in [1.54, 1.807) is 0 Å². The zero-order valence-corrected chi connectivity index (χ0v) is 11.1. The van der Waals surface area contributed by atoms with Crippen molar-refractivity contribution >= 4 is 33.0 Å². The van der Waals surface area contributed by atoms with Crippen molar-refractivity contribution in [1.82, 2.24) is 0 Å². The van der Waals surface area contributed by atoms with Crippen molar-refractivity contribution < 1.29 is 62.9 Å². The van der Waals surface area contributed by atoms with Crippen molar-refractivity contribution in [2.24, 2.45) is 0 Å². The monoisotopic (exact) mass is 342 g/mol. The topological polar surface area (TPSA) is 262 Å². The molecule has 17 heavy (non-hydrogen) atoms. The van der Waals surface area contributed by atoms with E-state index in [0.29, 0.717) is 0 Å². The van der Waals surface area contributed by atoms with Gasteiger partial charge in [0.25, 0.3) is 0 Å². The van der Waals surface area contributed by atoms with E-state index < -0.39 is 33.0 Å². The predicted octanol–water partition coefficient (Wildman–Crippen LogP) is -2.31. The SMILES string of the molecule is O.O=[P+](O)O.O=[P+](O)O.O=[P+](O)O.O=[P+](O)O. The van der Waals surface area contributed by atoms with Gasteiger partial charge in [0.1, 0.15) is 0 Å². The predicted molar refractivity (Wildman–Crippen MR) is 51.8 cm³/mol. The molecule has 0 rings (SSSR count). The summed E-state index contributed by atoms with van der Waals surface area (Å²) < 4.78 is 34.8. The van der Waals surface area contributed by atoms with Crippen molar-refractivity contribution in [2.45, 2.75) is 0 Å². The Labute approximate surface area is 96.7 Å². The Bertz CT molecular complexity index is 153. The largest absolute Gasteiger partial charge is 0.692 e. The molecule has 10 N–H and O–H groups in total. The summed E-state index contributed by atoms with van der Waals surface area (Å²) in [6.07, 6.45) is 0. The molecule has 0 aromatic carbocycles. The molecule has 0 heterocycles. The van der Waals surface area contributed by atoms with Gasteiger partial charge in [-0.1, -0.05) is 0 Å². The van der Waals surface area contributed by atoms with Crippen molar-refractivity contribution in [3.63, 3.8) is 0 Å². The molecule has 0 aromatic heterocycles. The van der Waals surface area contributed by atoms with Crippen LogP contribution in [-0.4, -0.2) is 44.6 Å². The molecule has 0 radical (unpaired) electrons. The fourth-order valence-electron chi connectivity index (χ4n) is 0. The molecule has 17 heteroatoms. The molecule has 13 nitrogen and oxygen atoms in total. The lowest BCUT2D eigenvalue weighted by molar-refractivity contribution is 0.403. The second-order valence-electron chi connectivity index (χ2n) is 1.01. The van der Waals surface area contributed by atoms with Gasteiger partial charge in [-0.3, -0.25) is 0 Å². The van der Waals surface area contributed by atoms with Crippen LogP contribution in [0.3, 0.4) is 0 Å². The maximum atomic E-state index is 8.70. The van der Waals surface area contributed by atoms with E-state index in [9.17, 15) is 0 Å². The van der Waals surface area contributed by atoms with Gasteiger partial charge in [0.05, 0.1) is 0 Å². The number of rotatable bonds is 0.